The summed E-state index contributed by atoms with van der Waals surface area (Å²) in [4.78, 5) is 24.1. The number of unbranched alkanes of at least 4 members (excludes halogenated alkanes) is 2. The zero-order chi connectivity index (χ0) is 32.6. The van der Waals surface area contributed by atoms with Crippen molar-refractivity contribution in [2.75, 3.05) is 19.6 Å². The Kier molecular flexibility index (Phi) is 9.44. The summed E-state index contributed by atoms with van der Waals surface area (Å²) in [5, 5.41) is 21.7. The molecular formula is C35H44F3N5O2. The van der Waals surface area contributed by atoms with Crippen LogP contribution in [-0.4, -0.2) is 49.8 Å². The third-order valence-electron chi connectivity index (χ3n) is 9.83. The SMILES string of the molecule is Cc1ncnc2c1cc(C1(C#N)CC1)c(=O)n2CCCCCC(C)(O)CN1CCC(C(F)(F)c2cccc(C(C)C)c2F)CC1. The Morgan fingerprint density at radius 3 is 2.51 bits per heavy atom. The molecule has 1 aliphatic heterocycles. The number of aryl methyl sites for hydroxylation is 2. The number of alkyl halides is 2. The maximum Gasteiger partial charge on any atom is 0.278 e. The van der Waals surface area contributed by atoms with Crippen LogP contribution >= 0.6 is 0 Å². The number of aliphatic hydroxyl groups is 1. The molecule has 2 fully saturated rings. The number of fused-ring (bicyclic) bond motifs is 1. The average molecular weight is 624 g/mol. The van der Waals surface area contributed by atoms with Gasteiger partial charge in [0.15, 0.2) is 0 Å². The number of piperidine rings is 1. The lowest BCUT2D eigenvalue weighted by atomic mass is 9.84. The highest BCUT2D eigenvalue weighted by atomic mass is 19.3. The summed E-state index contributed by atoms with van der Waals surface area (Å²) >= 11 is 0. The van der Waals surface area contributed by atoms with Crippen LogP contribution in [0.15, 0.2) is 35.4 Å². The van der Waals surface area contributed by atoms with E-state index in [2.05, 4.69) is 16.0 Å². The Morgan fingerprint density at radius 1 is 1.16 bits per heavy atom. The van der Waals surface area contributed by atoms with Gasteiger partial charge < -0.3 is 10.0 Å². The van der Waals surface area contributed by atoms with E-state index in [0.717, 1.165) is 23.9 Å². The summed E-state index contributed by atoms with van der Waals surface area (Å²) in [6.07, 6.45) is 6.00. The Labute approximate surface area is 263 Å². The zero-order valence-electron chi connectivity index (χ0n) is 26.8. The lowest BCUT2D eigenvalue weighted by Gasteiger charge is -2.39. The second-order valence-corrected chi connectivity index (χ2v) is 13.7. The van der Waals surface area contributed by atoms with Gasteiger partial charge in [-0.2, -0.15) is 5.26 Å². The highest BCUT2D eigenvalue weighted by Crippen LogP contribution is 2.47. The van der Waals surface area contributed by atoms with Crippen molar-refractivity contribution >= 4 is 11.0 Å². The fourth-order valence-electron chi connectivity index (χ4n) is 6.86. The molecule has 3 aromatic rings. The van der Waals surface area contributed by atoms with Gasteiger partial charge in [-0.3, -0.25) is 9.36 Å². The van der Waals surface area contributed by atoms with E-state index in [9.17, 15) is 19.6 Å². The van der Waals surface area contributed by atoms with Gasteiger partial charge in [-0.25, -0.2) is 23.1 Å². The van der Waals surface area contributed by atoms with Crippen molar-refractivity contribution in [3.05, 3.63) is 69.1 Å². The summed E-state index contributed by atoms with van der Waals surface area (Å²) in [7, 11) is 0. The monoisotopic (exact) mass is 623 g/mol. The number of nitriles is 1. The normalized spacial score (nSPS) is 18.7. The minimum absolute atomic E-state index is 0.170. The molecule has 1 N–H and O–H groups in total. The zero-order valence-corrected chi connectivity index (χ0v) is 26.8. The molecule has 1 aromatic carbocycles. The maximum absolute atomic E-state index is 15.5. The number of halogens is 3. The van der Waals surface area contributed by atoms with Gasteiger partial charge in [0.25, 0.3) is 11.5 Å². The van der Waals surface area contributed by atoms with E-state index in [4.69, 9.17) is 0 Å². The van der Waals surface area contributed by atoms with Crippen molar-refractivity contribution in [2.24, 2.45) is 5.92 Å². The van der Waals surface area contributed by atoms with Crippen molar-refractivity contribution in [3.8, 4) is 6.07 Å². The van der Waals surface area contributed by atoms with Gasteiger partial charge in [-0.15, -0.1) is 0 Å². The molecular weight excluding hydrogens is 579 g/mol. The molecule has 2 aliphatic rings. The summed E-state index contributed by atoms with van der Waals surface area (Å²) in [6, 6.07) is 8.42. The van der Waals surface area contributed by atoms with Gasteiger partial charge in [0.05, 0.1) is 28.3 Å². The minimum atomic E-state index is -3.25. The van der Waals surface area contributed by atoms with E-state index in [1.807, 2.05) is 11.8 Å². The van der Waals surface area contributed by atoms with Crippen LogP contribution in [0.2, 0.25) is 0 Å². The molecule has 0 radical (unpaired) electrons. The third-order valence-corrected chi connectivity index (χ3v) is 9.83. The molecule has 1 saturated carbocycles. The van der Waals surface area contributed by atoms with E-state index >= 15 is 8.78 Å². The third kappa shape index (κ3) is 6.80. The number of β-amino-alcohol motifs (C(OH)–C–C–N with tert-alkyl or cyclic N) is 1. The van der Waals surface area contributed by atoms with E-state index in [0.29, 0.717) is 68.6 Å². The van der Waals surface area contributed by atoms with Crippen molar-refractivity contribution in [1.82, 2.24) is 19.4 Å². The second-order valence-electron chi connectivity index (χ2n) is 13.7. The van der Waals surface area contributed by atoms with Crippen LogP contribution in [0.3, 0.4) is 0 Å². The van der Waals surface area contributed by atoms with Crippen LogP contribution < -0.4 is 5.56 Å². The molecule has 45 heavy (non-hydrogen) atoms. The van der Waals surface area contributed by atoms with Crippen molar-refractivity contribution in [2.45, 2.75) is 108 Å². The number of likely N-dealkylation sites (tertiary alicyclic amines) is 1. The highest BCUT2D eigenvalue weighted by Gasteiger charge is 2.48. The number of hydrogen-bond acceptors (Lipinski definition) is 6. The Morgan fingerprint density at radius 2 is 1.87 bits per heavy atom. The quantitative estimate of drug-likeness (QED) is 0.225. The van der Waals surface area contributed by atoms with E-state index in [1.54, 1.807) is 37.5 Å². The van der Waals surface area contributed by atoms with Gasteiger partial charge in [0, 0.05) is 30.0 Å². The van der Waals surface area contributed by atoms with E-state index in [-0.39, 0.29) is 24.3 Å². The van der Waals surface area contributed by atoms with Crippen molar-refractivity contribution in [3.63, 3.8) is 0 Å². The predicted molar refractivity (Wildman–Crippen MR) is 168 cm³/mol. The summed E-state index contributed by atoms with van der Waals surface area (Å²) < 4.78 is 47.5. The predicted octanol–water partition coefficient (Wildman–Crippen LogP) is 6.73. The molecule has 1 saturated heterocycles. The Balaban J connectivity index is 1.13. The molecule has 10 heteroatoms. The van der Waals surface area contributed by atoms with Crippen LogP contribution in [-0.2, 0) is 17.9 Å². The minimum Gasteiger partial charge on any atom is -0.389 e. The first-order chi connectivity index (χ1) is 21.3. The van der Waals surface area contributed by atoms with E-state index in [1.165, 1.54) is 18.5 Å². The molecule has 5 rings (SSSR count). The lowest BCUT2D eigenvalue weighted by Crippen LogP contribution is -2.46. The summed E-state index contributed by atoms with van der Waals surface area (Å²) in [5.41, 5.74) is -0.226. The van der Waals surface area contributed by atoms with Gasteiger partial charge in [0.2, 0.25) is 0 Å². The first-order valence-electron chi connectivity index (χ1n) is 16.2. The number of rotatable bonds is 12. The number of pyridine rings is 1. The van der Waals surface area contributed by atoms with Gasteiger partial charge >= 0.3 is 0 Å². The topological polar surface area (TPSA) is 95.0 Å². The Hall–Kier alpha value is -3.29. The summed E-state index contributed by atoms with van der Waals surface area (Å²) in [6.45, 7) is 8.90. The van der Waals surface area contributed by atoms with Crippen LogP contribution in [0.25, 0.3) is 11.0 Å². The molecule has 7 nitrogen and oxygen atoms in total. The van der Waals surface area contributed by atoms with Crippen LogP contribution in [0.4, 0.5) is 13.2 Å². The van der Waals surface area contributed by atoms with Crippen molar-refractivity contribution < 1.29 is 18.3 Å². The number of hydrogen-bond donors (Lipinski definition) is 1. The first-order valence-corrected chi connectivity index (χ1v) is 16.2. The fourth-order valence-corrected chi connectivity index (χ4v) is 6.86. The van der Waals surface area contributed by atoms with Crippen LogP contribution in [0, 0.1) is 30.0 Å². The molecule has 1 aliphatic carbocycles. The average Bonchev–Trinajstić information content (AvgIpc) is 3.79. The smallest absolute Gasteiger partial charge is 0.278 e. The maximum atomic E-state index is 15.5. The largest absolute Gasteiger partial charge is 0.389 e. The number of benzene rings is 1. The van der Waals surface area contributed by atoms with Crippen LogP contribution in [0.5, 0.6) is 0 Å². The molecule has 242 valence electrons. The molecule has 2 aromatic heterocycles. The highest BCUT2D eigenvalue weighted by molar-refractivity contribution is 5.78. The standard InChI is InChI=1S/C35H44F3N5O2/c1-23(2)26-9-8-10-28(30(26)36)35(37,38)25-11-17-42(18-12-25)21-33(4,45)13-6-5-7-16-43-31-27(24(3)40-22-41-31)19-29(32(43)44)34(20-39)14-15-34/h8-10,19,22-23,25,45H,5-7,11-18,21H2,1-4H3. The fraction of sp³-hybridized carbons (Fsp3) is 0.600. The molecule has 1 atom stereocenters. The van der Waals surface area contributed by atoms with Gasteiger partial charge in [0.1, 0.15) is 17.8 Å². The molecule has 0 bridgehead atoms. The summed E-state index contributed by atoms with van der Waals surface area (Å²) in [5.74, 6) is -5.19. The first kappa shape index (κ1) is 33.1. The molecule has 3 heterocycles. The lowest BCUT2D eigenvalue weighted by molar-refractivity contribution is -0.0934. The molecule has 1 unspecified atom stereocenters. The van der Waals surface area contributed by atoms with Crippen LogP contribution in [0.1, 0.15) is 100 Å². The Bertz CT molecular complexity index is 1630. The number of nitrogens with zero attached hydrogens (tertiary/aromatic N) is 5. The number of aromatic nitrogens is 3. The molecule has 0 amide bonds. The van der Waals surface area contributed by atoms with Crippen molar-refractivity contribution in [1.29, 1.82) is 5.26 Å². The molecule has 0 spiro atoms. The van der Waals surface area contributed by atoms with E-state index < -0.39 is 34.2 Å². The van der Waals surface area contributed by atoms with Gasteiger partial charge in [-0.1, -0.05) is 44.9 Å². The van der Waals surface area contributed by atoms with Gasteiger partial charge in [-0.05, 0) is 83.0 Å². The second kappa shape index (κ2) is 12.8.